The molecule has 0 atom stereocenters. The van der Waals surface area contributed by atoms with E-state index in [1.807, 2.05) is 6.07 Å². The van der Waals surface area contributed by atoms with E-state index in [9.17, 15) is 5.11 Å². The number of thiazole rings is 1. The lowest BCUT2D eigenvalue weighted by molar-refractivity contribution is 0.373. The van der Waals surface area contributed by atoms with Crippen molar-refractivity contribution in [2.75, 3.05) is 14.2 Å². The van der Waals surface area contributed by atoms with Crippen LogP contribution in [-0.2, 0) is 6.42 Å². The second-order valence-corrected chi connectivity index (χ2v) is 6.72. The van der Waals surface area contributed by atoms with Gasteiger partial charge in [0.05, 0.1) is 19.9 Å². The number of aromatic nitrogens is 1. The highest BCUT2D eigenvalue weighted by molar-refractivity contribution is 7.15. The first-order valence-electron chi connectivity index (χ1n) is 7.76. The van der Waals surface area contributed by atoms with Gasteiger partial charge < -0.3 is 14.6 Å². The van der Waals surface area contributed by atoms with Crippen LogP contribution in [0.2, 0.25) is 0 Å². The Hall–Kier alpha value is -2.86. The summed E-state index contributed by atoms with van der Waals surface area (Å²) in [6.07, 6.45) is 2.59. The molecule has 3 aromatic rings. The van der Waals surface area contributed by atoms with Gasteiger partial charge in [-0.25, -0.2) is 9.98 Å². The lowest BCUT2D eigenvalue weighted by Gasteiger charge is -2.03. The number of phenolic OH excluding ortho intramolecular Hbond substituents is 1. The molecule has 25 heavy (non-hydrogen) atoms. The van der Waals surface area contributed by atoms with Gasteiger partial charge in [0.15, 0.2) is 11.5 Å². The van der Waals surface area contributed by atoms with Crippen LogP contribution in [0.3, 0.4) is 0 Å². The van der Waals surface area contributed by atoms with E-state index in [1.54, 1.807) is 42.9 Å². The van der Waals surface area contributed by atoms with Crippen LogP contribution in [0.5, 0.6) is 17.2 Å². The second kappa shape index (κ2) is 6.22. The number of rotatable bonds is 4. The molecule has 1 N–H and O–H groups in total. The molecule has 6 heteroatoms. The van der Waals surface area contributed by atoms with Crippen LogP contribution >= 0.6 is 11.3 Å². The molecule has 0 amide bonds. The van der Waals surface area contributed by atoms with Crippen molar-refractivity contribution >= 4 is 22.7 Å². The maximum absolute atomic E-state index is 9.64. The van der Waals surface area contributed by atoms with Crippen LogP contribution in [0.25, 0.3) is 11.3 Å². The molecule has 1 aliphatic rings. The lowest BCUT2D eigenvalue weighted by atomic mass is 10.1. The normalized spacial score (nSPS) is 12.2. The Labute approximate surface area is 149 Å². The standard InChI is InChI=1S/C19H16N2O3S/c1-23-13-4-5-14-12(8-13)9-17-18(14)21-19(25-17)20-10-11-3-6-15(22)16(7-11)24-2/h3-8,10,22H,9H2,1-2H3. The molecule has 5 nitrogen and oxygen atoms in total. The first-order chi connectivity index (χ1) is 12.2. The molecule has 1 aromatic heterocycles. The summed E-state index contributed by atoms with van der Waals surface area (Å²) in [4.78, 5) is 10.4. The molecule has 0 saturated carbocycles. The van der Waals surface area contributed by atoms with Crippen LogP contribution in [0, 0.1) is 0 Å². The number of hydrogen-bond acceptors (Lipinski definition) is 6. The summed E-state index contributed by atoms with van der Waals surface area (Å²) in [5.74, 6) is 1.40. The minimum absolute atomic E-state index is 0.111. The van der Waals surface area contributed by atoms with Crippen LogP contribution in [0.15, 0.2) is 41.4 Å². The van der Waals surface area contributed by atoms with E-state index in [0.29, 0.717) is 5.75 Å². The van der Waals surface area contributed by atoms with E-state index < -0.39 is 0 Å². The topological polar surface area (TPSA) is 63.9 Å². The van der Waals surface area contributed by atoms with Crippen LogP contribution in [-0.4, -0.2) is 30.5 Å². The Balaban J connectivity index is 1.60. The third kappa shape index (κ3) is 2.85. The van der Waals surface area contributed by atoms with Crippen molar-refractivity contribution in [1.82, 2.24) is 4.98 Å². The lowest BCUT2D eigenvalue weighted by Crippen LogP contribution is -1.87. The van der Waals surface area contributed by atoms with Crippen molar-refractivity contribution in [3.8, 4) is 28.5 Å². The minimum Gasteiger partial charge on any atom is -0.504 e. The van der Waals surface area contributed by atoms with Gasteiger partial charge in [-0.15, -0.1) is 0 Å². The molecule has 0 saturated heterocycles. The molecule has 0 spiro atoms. The van der Waals surface area contributed by atoms with Crippen molar-refractivity contribution in [2.45, 2.75) is 6.42 Å². The number of nitrogens with zero attached hydrogens (tertiary/aromatic N) is 2. The second-order valence-electron chi connectivity index (χ2n) is 5.66. The van der Waals surface area contributed by atoms with Gasteiger partial charge in [0.2, 0.25) is 5.13 Å². The maximum Gasteiger partial charge on any atom is 0.209 e. The van der Waals surface area contributed by atoms with Crippen molar-refractivity contribution in [3.63, 3.8) is 0 Å². The Morgan fingerprint density at radius 2 is 2.04 bits per heavy atom. The first-order valence-corrected chi connectivity index (χ1v) is 8.57. The Morgan fingerprint density at radius 1 is 1.16 bits per heavy atom. The molecule has 4 rings (SSSR count). The molecule has 1 heterocycles. The van der Waals surface area contributed by atoms with Gasteiger partial charge >= 0.3 is 0 Å². The van der Waals surface area contributed by atoms with Crippen molar-refractivity contribution in [2.24, 2.45) is 4.99 Å². The van der Waals surface area contributed by atoms with E-state index in [0.717, 1.165) is 34.1 Å². The average molecular weight is 352 g/mol. The van der Waals surface area contributed by atoms with Crippen molar-refractivity contribution in [3.05, 3.63) is 52.4 Å². The smallest absolute Gasteiger partial charge is 0.209 e. The zero-order valence-corrected chi connectivity index (χ0v) is 14.6. The van der Waals surface area contributed by atoms with E-state index >= 15 is 0 Å². The monoisotopic (exact) mass is 352 g/mol. The maximum atomic E-state index is 9.64. The highest BCUT2D eigenvalue weighted by Gasteiger charge is 2.23. The van der Waals surface area contributed by atoms with E-state index in [-0.39, 0.29) is 5.75 Å². The third-order valence-corrected chi connectivity index (χ3v) is 5.10. The zero-order valence-electron chi connectivity index (χ0n) is 13.8. The van der Waals surface area contributed by atoms with Crippen LogP contribution in [0.4, 0.5) is 5.13 Å². The molecule has 0 bridgehead atoms. The quantitative estimate of drug-likeness (QED) is 0.560. The van der Waals surface area contributed by atoms with Gasteiger partial charge in [-0.3, -0.25) is 0 Å². The third-order valence-electron chi connectivity index (χ3n) is 4.13. The summed E-state index contributed by atoms with van der Waals surface area (Å²) >= 11 is 1.59. The average Bonchev–Trinajstić information content (AvgIpc) is 3.17. The molecule has 0 unspecified atom stereocenters. The van der Waals surface area contributed by atoms with Crippen LogP contribution < -0.4 is 9.47 Å². The number of fused-ring (bicyclic) bond motifs is 3. The predicted molar refractivity (Wildman–Crippen MR) is 98.8 cm³/mol. The molecule has 0 aliphatic heterocycles. The number of phenols is 1. The Kier molecular flexibility index (Phi) is 3.89. The number of aliphatic imine (C=N–C) groups is 1. The van der Waals surface area contributed by atoms with Crippen LogP contribution in [0.1, 0.15) is 16.0 Å². The van der Waals surface area contributed by atoms with E-state index in [2.05, 4.69) is 22.1 Å². The highest BCUT2D eigenvalue weighted by Crippen LogP contribution is 2.42. The molecular formula is C19H16N2O3S. The van der Waals surface area contributed by atoms with Gasteiger partial charge in [-0.2, -0.15) is 0 Å². The van der Waals surface area contributed by atoms with Gasteiger partial charge in [0.1, 0.15) is 5.75 Å². The summed E-state index contributed by atoms with van der Waals surface area (Å²) in [7, 11) is 3.20. The first kappa shape index (κ1) is 15.7. The van der Waals surface area contributed by atoms with E-state index in [1.165, 1.54) is 17.6 Å². The van der Waals surface area contributed by atoms with Gasteiger partial charge in [-0.1, -0.05) is 11.3 Å². The SMILES string of the molecule is COc1ccc2c(c1)Cc1sc(N=Cc3ccc(O)c(OC)c3)nc1-2. The Bertz CT molecular complexity index is 979. The Morgan fingerprint density at radius 3 is 2.84 bits per heavy atom. The number of aromatic hydroxyl groups is 1. The number of methoxy groups -OCH3 is 2. The number of benzene rings is 2. The largest absolute Gasteiger partial charge is 0.504 e. The molecule has 0 fully saturated rings. The summed E-state index contributed by atoms with van der Waals surface area (Å²) in [5.41, 5.74) is 4.25. The van der Waals surface area contributed by atoms with Crippen molar-refractivity contribution in [1.29, 1.82) is 0 Å². The fraction of sp³-hybridized carbons (Fsp3) is 0.158. The predicted octanol–water partition coefficient (Wildman–Crippen LogP) is 4.19. The minimum atomic E-state index is 0.111. The molecule has 2 aromatic carbocycles. The van der Waals surface area contributed by atoms with Gasteiger partial charge in [0, 0.05) is 23.1 Å². The van der Waals surface area contributed by atoms with Gasteiger partial charge in [0.25, 0.3) is 0 Å². The summed E-state index contributed by atoms with van der Waals surface area (Å²) in [6.45, 7) is 0. The summed E-state index contributed by atoms with van der Waals surface area (Å²) < 4.78 is 10.4. The number of hydrogen-bond donors (Lipinski definition) is 1. The number of ether oxygens (including phenoxy) is 2. The molecule has 1 aliphatic carbocycles. The van der Waals surface area contributed by atoms with E-state index in [4.69, 9.17) is 9.47 Å². The molecule has 126 valence electrons. The highest BCUT2D eigenvalue weighted by atomic mass is 32.1. The summed E-state index contributed by atoms with van der Waals surface area (Å²) in [6, 6.07) is 11.2. The van der Waals surface area contributed by atoms with Gasteiger partial charge in [-0.05, 0) is 47.5 Å². The van der Waals surface area contributed by atoms with Crippen molar-refractivity contribution < 1.29 is 14.6 Å². The molecular weight excluding hydrogens is 336 g/mol. The fourth-order valence-corrected chi connectivity index (χ4v) is 3.82. The summed E-state index contributed by atoms with van der Waals surface area (Å²) in [5, 5.41) is 10.4. The molecule has 0 radical (unpaired) electrons. The zero-order chi connectivity index (χ0) is 17.4. The fourth-order valence-electron chi connectivity index (χ4n) is 2.88.